The minimum absolute atomic E-state index is 0.0372. The molecule has 2 heterocycles. The molecule has 20 heavy (non-hydrogen) atoms. The smallest absolute Gasteiger partial charge is 0.410 e. The lowest BCUT2D eigenvalue weighted by molar-refractivity contribution is 0.0276. The van der Waals surface area contributed by atoms with Crippen molar-refractivity contribution < 1.29 is 14.3 Å². The first-order valence-electron chi connectivity index (χ1n) is 7.64. The van der Waals surface area contributed by atoms with E-state index in [9.17, 15) is 4.79 Å². The van der Waals surface area contributed by atoms with Crippen LogP contribution in [0.25, 0.3) is 0 Å². The number of hydrogen-bond donors (Lipinski definition) is 0. The Balaban J connectivity index is 1.79. The molecule has 0 aliphatic carbocycles. The molecule has 0 unspecified atom stereocenters. The highest BCUT2D eigenvalue weighted by molar-refractivity contribution is 5.68. The number of carbonyl (C=O) groups excluding carboxylic acids is 1. The summed E-state index contributed by atoms with van der Waals surface area (Å²) in [6.45, 7) is 9.65. The summed E-state index contributed by atoms with van der Waals surface area (Å²) in [5.41, 5.74) is -0.198. The maximum Gasteiger partial charge on any atom is 0.410 e. The second-order valence-corrected chi connectivity index (χ2v) is 6.86. The predicted molar refractivity (Wildman–Crippen MR) is 77.8 cm³/mol. The van der Waals surface area contributed by atoms with Crippen molar-refractivity contribution >= 4 is 6.09 Å². The third-order valence-corrected chi connectivity index (χ3v) is 4.43. The largest absolute Gasteiger partial charge is 0.445 e. The summed E-state index contributed by atoms with van der Waals surface area (Å²) in [6, 6.07) is 0.604. The van der Waals surface area contributed by atoms with Crippen LogP contribution in [-0.4, -0.2) is 66.9 Å². The Bertz CT molecular complexity index is 335. The van der Waals surface area contributed by atoms with E-state index in [-0.39, 0.29) is 17.7 Å². The van der Waals surface area contributed by atoms with Crippen molar-refractivity contribution in [1.82, 2.24) is 9.80 Å². The van der Waals surface area contributed by atoms with Crippen LogP contribution in [0.2, 0.25) is 0 Å². The van der Waals surface area contributed by atoms with E-state index in [4.69, 9.17) is 9.47 Å². The van der Waals surface area contributed by atoms with Crippen molar-refractivity contribution in [3.8, 4) is 0 Å². The summed E-state index contributed by atoms with van der Waals surface area (Å²) in [6.07, 6.45) is 2.97. The monoisotopic (exact) mass is 284 g/mol. The van der Waals surface area contributed by atoms with Crippen molar-refractivity contribution in [2.24, 2.45) is 0 Å². The molecule has 0 radical (unpaired) electrons. The number of carbonyl (C=O) groups is 1. The van der Waals surface area contributed by atoms with Crippen LogP contribution in [0.3, 0.4) is 0 Å². The van der Waals surface area contributed by atoms with E-state index in [2.05, 4.69) is 4.90 Å². The fraction of sp³-hybridized carbons (Fsp3) is 0.933. The van der Waals surface area contributed by atoms with Crippen LogP contribution >= 0.6 is 0 Å². The van der Waals surface area contributed by atoms with Gasteiger partial charge in [0.25, 0.3) is 0 Å². The summed E-state index contributed by atoms with van der Waals surface area (Å²) < 4.78 is 11.0. The fourth-order valence-electron chi connectivity index (χ4n) is 2.73. The van der Waals surface area contributed by atoms with Gasteiger partial charge >= 0.3 is 6.09 Å². The molecule has 0 aromatic rings. The highest BCUT2D eigenvalue weighted by Gasteiger charge is 2.33. The standard InChI is InChI=1S/C15H28N2O3/c1-15(2,3)16(4)14(18)20-13-5-8-17(11-13)12-6-9-19-10-7-12/h12-13H,5-11H2,1-4H3/t13-/m1/s1. The van der Waals surface area contributed by atoms with Crippen LogP contribution < -0.4 is 0 Å². The molecule has 0 aromatic carbocycles. The highest BCUT2D eigenvalue weighted by atomic mass is 16.6. The molecule has 2 fully saturated rings. The van der Waals surface area contributed by atoms with Gasteiger partial charge in [0.1, 0.15) is 6.10 Å². The molecule has 2 aliphatic rings. The number of rotatable bonds is 2. The molecule has 2 rings (SSSR count). The summed E-state index contributed by atoms with van der Waals surface area (Å²) >= 11 is 0. The molecule has 0 aromatic heterocycles. The fourth-order valence-corrected chi connectivity index (χ4v) is 2.73. The Morgan fingerprint density at radius 2 is 1.90 bits per heavy atom. The van der Waals surface area contributed by atoms with Crippen molar-refractivity contribution in [1.29, 1.82) is 0 Å². The Morgan fingerprint density at radius 3 is 2.50 bits per heavy atom. The molecule has 0 spiro atoms. The van der Waals surface area contributed by atoms with Crippen molar-refractivity contribution in [3.63, 3.8) is 0 Å². The number of hydrogen-bond acceptors (Lipinski definition) is 4. The molecule has 0 bridgehead atoms. The Kier molecular flexibility index (Phi) is 4.91. The summed E-state index contributed by atoms with van der Waals surface area (Å²) in [5, 5.41) is 0. The SMILES string of the molecule is CN(C(=O)O[C@@H]1CCN(C2CCOCC2)C1)C(C)(C)C. The number of amides is 1. The maximum atomic E-state index is 12.1. The van der Waals surface area contributed by atoms with Gasteiger partial charge in [0.15, 0.2) is 0 Å². The maximum absolute atomic E-state index is 12.1. The molecule has 0 saturated carbocycles. The average molecular weight is 284 g/mol. The minimum atomic E-state index is -0.212. The Labute approximate surface area is 122 Å². The van der Waals surface area contributed by atoms with Crippen molar-refractivity contribution in [3.05, 3.63) is 0 Å². The van der Waals surface area contributed by atoms with Gasteiger partial charge in [-0.05, 0) is 40.0 Å². The Hall–Kier alpha value is -0.810. The van der Waals surface area contributed by atoms with Gasteiger partial charge in [0, 0.05) is 44.9 Å². The molecule has 5 nitrogen and oxygen atoms in total. The summed E-state index contributed by atoms with van der Waals surface area (Å²) in [7, 11) is 1.80. The van der Waals surface area contributed by atoms with Crippen LogP contribution in [0.4, 0.5) is 4.79 Å². The summed E-state index contributed by atoms with van der Waals surface area (Å²) in [5.74, 6) is 0. The topological polar surface area (TPSA) is 42.0 Å². The number of ether oxygens (including phenoxy) is 2. The van der Waals surface area contributed by atoms with E-state index in [0.717, 1.165) is 45.6 Å². The van der Waals surface area contributed by atoms with Crippen LogP contribution in [0.1, 0.15) is 40.0 Å². The lowest BCUT2D eigenvalue weighted by Crippen LogP contribution is -2.44. The zero-order valence-electron chi connectivity index (χ0n) is 13.2. The van der Waals surface area contributed by atoms with Gasteiger partial charge in [0.2, 0.25) is 0 Å². The van der Waals surface area contributed by atoms with Gasteiger partial charge in [-0.1, -0.05) is 0 Å². The second kappa shape index (κ2) is 6.31. The molecule has 0 N–H and O–H groups in total. The molecule has 5 heteroatoms. The van der Waals surface area contributed by atoms with Gasteiger partial charge in [-0.3, -0.25) is 4.90 Å². The van der Waals surface area contributed by atoms with Crippen LogP contribution in [0.15, 0.2) is 0 Å². The van der Waals surface area contributed by atoms with Crippen LogP contribution in [0, 0.1) is 0 Å². The zero-order chi connectivity index (χ0) is 14.8. The van der Waals surface area contributed by atoms with Gasteiger partial charge in [-0.25, -0.2) is 4.79 Å². The molecular formula is C15H28N2O3. The van der Waals surface area contributed by atoms with Gasteiger partial charge < -0.3 is 14.4 Å². The van der Waals surface area contributed by atoms with E-state index in [1.54, 1.807) is 11.9 Å². The predicted octanol–water partition coefficient (Wildman–Crippen LogP) is 2.11. The van der Waals surface area contributed by atoms with E-state index in [1.807, 2.05) is 20.8 Å². The van der Waals surface area contributed by atoms with Crippen LogP contribution in [-0.2, 0) is 9.47 Å². The quantitative estimate of drug-likeness (QED) is 0.779. The van der Waals surface area contributed by atoms with E-state index in [0.29, 0.717) is 6.04 Å². The van der Waals surface area contributed by atoms with Gasteiger partial charge in [0.05, 0.1) is 0 Å². The zero-order valence-corrected chi connectivity index (χ0v) is 13.2. The van der Waals surface area contributed by atoms with E-state index >= 15 is 0 Å². The molecule has 1 atom stereocenters. The number of likely N-dealkylation sites (tertiary alicyclic amines) is 1. The van der Waals surface area contributed by atoms with Crippen molar-refractivity contribution in [2.75, 3.05) is 33.4 Å². The molecule has 2 aliphatic heterocycles. The third kappa shape index (κ3) is 3.85. The van der Waals surface area contributed by atoms with Gasteiger partial charge in [-0.15, -0.1) is 0 Å². The van der Waals surface area contributed by atoms with E-state index < -0.39 is 0 Å². The average Bonchev–Trinajstić information content (AvgIpc) is 2.86. The first kappa shape index (κ1) is 15.6. The second-order valence-electron chi connectivity index (χ2n) is 6.86. The normalized spacial score (nSPS) is 25.7. The minimum Gasteiger partial charge on any atom is -0.445 e. The first-order valence-corrected chi connectivity index (χ1v) is 7.64. The third-order valence-electron chi connectivity index (χ3n) is 4.43. The molecule has 116 valence electrons. The van der Waals surface area contributed by atoms with Crippen molar-refractivity contribution in [2.45, 2.75) is 57.7 Å². The number of nitrogens with zero attached hydrogens (tertiary/aromatic N) is 2. The lowest BCUT2D eigenvalue weighted by Gasteiger charge is -2.33. The van der Waals surface area contributed by atoms with Gasteiger partial charge in [-0.2, -0.15) is 0 Å². The molecule has 2 saturated heterocycles. The highest BCUT2D eigenvalue weighted by Crippen LogP contribution is 2.22. The lowest BCUT2D eigenvalue weighted by atomic mass is 10.1. The Morgan fingerprint density at radius 1 is 1.25 bits per heavy atom. The van der Waals surface area contributed by atoms with E-state index in [1.165, 1.54) is 0 Å². The summed E-state index contributed by atoms with van der Waals surface area (Å²) in [4.78, 5) is 16.2. The first-order chi connectivity index (χ1) is 9.38. The molecular weight excluding hydrogens is 256 g/mol. The molecule has 1 amide bonds. The van der Waals surface area contributed by atoms with Crippen LogP contribution in [0.5, 0.6) is 0 Å².